The van der Waals surface area contributed by atoms with Gasteiger partial charge in [-0.15, -0.1) is 11.3 Å². The summed E-state index contributed by atoms with van der Waals surface area (Å²) < 4.78 is 32.7. The molecule has 2 amide bonds. The Hall–Kier alpha value is -3.06. The number of hydrogen-bond donors (Lipinski definition) is 3. The van der Waals surface area contributed by atoms with Crippen molar-refractivity contribution in [3.8, 4) is 0 Å². The summed E-state index contributed by atoms with van der Waals surface area (Å²) in [7, 11) is 0. The predicted molar refractivity (Wildman–Crippen MR) is 127 cm³/mol. The number of para-hydroxylation sites is 1. The fraction of sp³-hybridized carbons (Fsp3) is 0.522. The van der Waals surface area contributed by atoms with Crippen molar-refractivity contribution in [2.24, 2.45) is 11.7 Å². The quantitative estimate of drug-likeness (QED) is 0.352. The molecule has 2 aromatic rings. The molecule has 1 aliphatic rings. The minimum absolute atomic E-state index is 0.0208. The van der Waals surface area contributed by atoms with Gasteiger partial charge in [0.1, 0.15) is 0 Å². The van der Waals surface area contributed by atoms with E-state index in [0.29, 0.717) is 31.1 Å². The second-order valence-electron chi connectivity index (χ2n) is 8.30. The van der Waals surface area contributed by atoms with Crippen molar-refractivity contribution < 1.29 is 37.5 Å². The number of benzene rings is 1. The lowest BCUT2D eigenvalue weighted by Gasteiger charge is -2.32. The number of carboxylic acid groups (broad SMARTS) is 1. The van der Waals surface area contributed by atoms with Crippen LogP contribution in [0.3, 0.4) is 0 Å². The summed E-state index contributed by atoms with van der Waals surface area (Å²) >= 11 is 1.35. The number of carbonyl (C=O) groups excluding carboxylic acids is 3. The third-order valence-electron chi connectivity index (χ3n) is 5.56. The summed E-state index contributed by atoms with van der Waals surface area (Å²) in [6.45, 7) is 3.16. The number of aromatic nitrogens is 1. The van der Waals surface area contributed by atoms with Crippen LogP contribution in [0.4, 0.5) is 13.2 Å². The van der Waals surface area contributed by atoms with Gasteiger partial charge in [-0.25, -0.2) is 9.78 Å². The number of thiazole rings is 1. The lowest BCUT2D eigenvalue weighted by molar-refractivity contribution is -0.192. The van der Waals surface area contributed by atoms with Gasteiger partial charge in [0, 0.05) is 20.0 Å². The molecule has 0 spiro atoms. The highest BCUT2D eigenvalue weighted by molar-refractivity contribution is 7.20. The third-order valence-corrected chi connectivity index (χ3v) is 6.62. The maximum atomic E-state index is 13.1. The van der Waals surface area contributed by atoms with Crippen LogP contribution in [0, 0.1) is 5.92 Å². The van der Waals surface area contributed by atoms with E-state index in [0.717, 1.165) is 35.9 Å². The molecule has 0 radical (unpaired) electrons. The van der Waals surface area contributed by atoms with E-state index in [4.69, 9.17) is 15.6 Å². The molecule has 1 fully saturated rings. The number of carbonyl (C=O) groups is 4. The van der Waals surface area contributed by atoms with Crippen molar-refractivity contribution in [2.75, 3.05) is 19.6 Å². The highest BCUT2D eigenvalue weighted by Crippen LogP contribution is 2.24. The average molecular weight is 531 g/mol. The summed E-state index contributed by atoms with van der Waals surface area (Å²) in [6.07, 6.45) is -1.49. The zero-order chi connectivity index (χ0) is 26.9. The first-order chi connectivity index (χ1) is 16.9. The van der Waals surface area contributed by atoms with E-state index in [1.807, 2.05) is 24.3 Å². The van der Waals surface area contributed by atoms with Gasteiger partial charge in [0.15, 0.2) is 5.01 Å². The number of alkyl halides is 3. The van der Waals surface area contributed by atoms with Crippen LogP contribution in [0.2, 0.25) is 0 Å². The molecule has 1 saturated heterocycles. The number of unbranched alkanes of at least 4 members (excludes halogenated alkanes) is 1. The number of Topliss-reactive ketones (excluding diaryl/α,β-unsaturated/α-hetero) is 1. The number of nitrogens with two attached hydrogens (primary N) is 1. The normalized spacial score (nSPS) is 16.6. The monoisotopic (exact) mass is 530 g/mol. The topological polar surface area (TPSA) is 143 Å². The van der Waals surface area contributed by atoms with Gasteiger partial charge < -0.3 is 21.1 Å². The number of fused-ring (bicyclic) bond motifs is 1. The van der Waals surface area contributed by atoms with Crippen LogP contribution in [0.25, 0.3) is 10.2 Å². The van der Waals surface area contributed by atoms with Crippen LogP contribution < -0.4 is 11.1 Å². The van der Waals surface area contributed by atoms with Crippen LogP contribution >= 0.6 is 11.3 Å². The summed E-state index contributed by atoms with van der Waals surface area (Å²) in [5, 5.41) is 10.5. The number of aliphatic carboxylic acids is 1. The average Bonchev–Trinajstić information content (AvgIpc) is 3.27. The number of likely N-dealkylation sites (tertiary alicyclic amines) is 1. The Balaban J connectivity index is 0.000000572. The number of nitrogens with zero attached hydrogens (tertiary/aromatic N) is 2. The summed E-state index contributed by atoms with van der Waals surface area (Å²) in [5.41, 5.74) is 6.38. The van der Waals surface area contributed by atoms with Gasteiger partial charge in [-0.1, -0.05) is 12.1 Å². The molecular formula is C23H29F3N4O5S. The molecule has 2 atom stereocenters. The molecule has 0 aliphatic carbocycles. The predicted octanol–water partition coefficient (Wildman–Crippen LogP) is 2.98. The van der Waals surface area contributed by atoms with Crippen molar-refractivity contribution >= 4 is 45.1 Å². The lowest BCUT2D eigenvalue weighted by atomic mass is 9.96. The number of ketones is 1. The Bertz CT molecular complexity index is 1040. The van der Waals surface area contributed by atoms with Crippen LogP contribution in [-0.4, -0.2) is 70.4 Å². The molecule has 0 saturated carbocycles. The first kappa shape index (κ1) is 29.2. The standard InChI is InChI=1S/C21H28N4O3S.C2HF3O2/c1-14(26)25-12-6-7-15(13-25)20(28)23-17(9-4-5-11-22)19(27)21-24-16-8-2-3-10-18(16)29-21;3-2(4,5)1(6)7/h2-3,8,10,15,17H,4-7,9,11-13,22H2,1H3,(H,23,28);(H,6,7)/t15-,17+;/m1./s1. The van der Waals surface area contributed by atoms with Crippen molar-refractivity contribution in [1.29, 1.82) is 0 Å². The number of rotatable bonds is 8. The maximum Gasteiger partial charge on any atom is 0.490 e. The number of halogens is 3. The minimum atomic E-state index is -5.08. The summed E-state index contributed by atoms with van der Waals surface area (Å²) in [6, 6.07) is 7.00. The highest BCUT2D eigenvalue weighted by atomic mass is 32.1. The Kier molecular flexibility index (Phi) is 10.8. The molecular weight excluding hydrogens is 501 g/mol. The largest absolute Gasteiger partial charge is 0.490 e. The van der Waals surface area contributed by atoms with E-state index in [1.54, 1.807) is 4.90 Å². The van der Waals surface area contributed by atoms with Gasteiger partial charge in [0.2, 0.25) is 17.6 Å². The van der Waals surface area contributed by atoms with Crippen LogP contribution in [0.15, 0.2) is 24.3 Å². The summed E-state index contributed by atoms with van der Waals surface area (Å²) in [4.78, 5) is 52.7. The molecule has 1 aromatic carbocycles. The van der Waals surface area contributed by atoms with Crippen LogP contribution in [-0.2, 0) is 14.4 Å². The molecule has 0 bridgehead atoms. The molecule has 1 aliphatic heterocycles. The maximum absolute atomic E-state index is 13.1. The van der Waals surface area contributed by atoms with Gasteiger partial charge in [-0.3, -0.25) is 14.4 Å². The fourth-order valence-corrected chi connectivity index (χ4v) is 4.62. The Labute approximate surface area is 209 Å². The molecule has 4 N–H and O–H groups in total. The Morgan fingerprint density at radius 2 is 1.92 bits per heavy atom. The van der Waals surface area contributed by atoms with E-state index in [2.05, 4.69) is 10.3 Å². The van der Waals surface area contributed by atoms with Crippen molar-refractivity contribution in [1.82, 2.24) is 15.2 Å². The minimum Gasteiger partial charge on any atom is -0.475 e. The molecule has 36 heavy (non-hydrogen) atoms. The van der Waals surface area contributed by atoms with E-state index in [-0.39, 0.29) is 23.5 Å². The van der Waals surface area contributed by atoms with E-state index >= 15 is 0 Å². The van der Waals surface area contributed by atoms with Crippen LogP contribution in [0.5, 0.6) is 0 Å². The van der Waals surface area contributed by atoms with Crippen LogP contribution in [0.1, 0.15) is 48.8 Å². The Morgan fingerprint density at radius 3 is 2.50 bits per heavy atom. The molecule has 3 rings (SSSR count). The second kappa shape index (κ2) is 13.3. The highest BCUT2D eigenvalue weighted by Gasteiger charge is 2.38. The van der Waals surface area contributed by atoms with Crippen molar-refractivity contribution in [3.05, 3.63) is 29.3 Å². The smallest absolute Gasteiger partial charge is 0.475 e. The van der Waals surface area contributed by atoms with E-state index < -0.39 is 18.2 Å². The molecule has 1 aromatic heterocycles. The number of piperidine rings is 1. The van der Waals surface area contributed by atoms with Crippen molar-refractivity contribution in [3.63, 3.8) is 0 Å². The van der Waals surface area contributed by atoms with Crippen molar-refractivity contribution in [2.45, 2.75) is 51.2 Å². The van der Waals surface area contributed by atoms with Gasteiger partial charge in [0.05, 0.1) is 22.2 Å². The fourth-order valence-electron chi connectivity index (χ4n) is 3.65. The summed E-state index contributed by atoms with van der Waals surface area (Å²) in [5.74, 6) is -3.38. The molecule has 0 unspecified atom stereocenters. The SMILES string of the molecule is CC(=O)N1CCC[C@@H](C(=O)N[C@@H](CCCCN)C(=O)c2nc3ccccc3s2)C1.O=C(O)C(F)(F)F. The molecule has 2 heterocycles. The third kappa shape index (κ3) is 8.55. The molecule has 9 nitrogen and oxygen atoms in total. The van der Waals surface area contributed by atoms with Gasteiger partial charge in [-0.05, 0) is 50.8 Å². The van der Waals surface area contributed by atoms with Gasteiger partial charge in [0.25, 0.3) is 0 Å². The first-order valence-corrected chi connectivity index (χ1v) is 12.2. The van der Waals surface area contributed by atoms with E-state index in [9.17, 15) is 27.6 Å². The number of carboxylic acids is 1. The Morgan fingerprint density at radius 1 is 1.25 bits per heavy atom. The first-order valence-electron chi connectivity index (χ1n) is 11.4. The van der Waals surface area contributed by atoms with E-state index in [1.165, 1.54) is 18.3 Å². The molecule has 13 heteroatoms. The second-order valence-corrected chi connectivity index (χ2v) is 9.33. The number of nitrogens with one attached hydrogen (secondary N) is 1. The number of amides is 2. The number of hydrogen-bond acceptors (Lipinski definition) is 7. The molecule has 198 valence electrons. The van der Waals surface area contributed by atoms with Gasteiger partial charge >= 0.3 is 12.1 Å². The van der Waals surface area contributed by atoms with Gasteiger partial charge in [-0.2, -0.15) is 13.2 Å². The lowest BCUT2D eigenvalue weighted by Crippen LogP contribution is -2.49. The zero-order valence-electron chi connectivity index (χ0n) is 19.7. The zero-order valence-corrected chi connectivity index (χ0v) is 20.5.